The normalized spacial score (nSPS) is 32.6. The van der Waals surface area contributed by atoms with Crippen LogP contribution in [-0.4, -0.2) is 17.1 Å². The Morgan fingerprint density at radius 1 is 1.21 bits per heavy atom. The van der Waals surface area contributed by atoms with Crippen LogP contribution in [0.2, 0.25) is 0 Å². The first-order valence-corrected chi connectivity index (χ1v) is 9.29. The highest BCUT2D eigenvalue weighted by atomic mass is 16.6. The maximum absolute atomic E-state index is 13.0. The monoisotopic (exact) mass is 329 g/mol. The number of hydrogen-bond donors (Lipinski definition) is 1. The van der Waals surface area contributed by atoms with E-state index >= 15 is 0 Å². The number of carbonyl (C=O) groups is 1. The van der Waals surface area contributed by atoms with E-state index in [0.717, 1.165) is 38.5 Å². The van der Waals surface area contributed by atoms with Gasteiger partial charge in [0, 0.05) is 11.5 Å². The van der Waals surface area contributed by atoms with Gasteiger partial charge in [-0.05, 0) is 70.4 Å². The van der Waals surface area contributed by atoms with Crippen LogP contribution in [0.25, 0.3) is 0 Å². The van der Waals surface area contributed by atoms with Crippen molar-refractivity contribution < 1.29 is 9.53 Å². The number of benzene rings is 1. The topological polar surface area (TPSA) is 52.3 Å². The first kappa shape index (κ1) is 17.5. The van der Waals surface area contributed by atoms with E-state index in [9.17, 15) is 4.79 Å². The van der Waals surface area contributed by atoms with Crippen LogP contribution < -0.4 is 5.73 Å². The second-order valence-electron chi connectivity index (χ2n) is 8.82. The Labute approximate surface area is 146 Å². The predicted molar refractivity (Wildman–Crippen MR) is 96.8 cm³/mol. The third kappa shape index (κ3) is 2.99. The van der Waals surface area contributed by atoms with Crippen molar-refractivity contribution in [3.63, 3.8) is 0 Å². The Hall–Kier alpha value is -1.35. The Morgan fingerprint density at radius 3 is 2.42 bits per heavy atom. The number of esters is 1. The zero-order valence-corrected chi connectivity index (χ0v) is 15.5. The molecule has 1 unspecified atom stereocenters. The minimum Gasteiger partial charge on any atom is -0.460 e. The van der Waals surface area contributed by atoms with Crippen molar-refractivity contribution in [2.24, 2.45) is 11.1 Å². The van der Waals surface area contributed by atoms with Crippen LogP contribution in [0, 0.1) is 5.41 Å². The summed E-state index contributed by atoms with van der Waals surface area (Å²) < 4.78 is 5.79. The third-order valence-corrected chi connectivity index (χ3v) is 6.07. The highest BCUT2D eigenvalue weighted by molar-refractivity contribution is 5.78. The van der Waals surface area contributed by atoms with Crippen LogP contribution >= 0.6 is 0 Å². The summed E-state index contributed by atoms with van der Waals surface area (Å²) in [5.41, 5.74) is 8.58. The van der Waals surface area contributed by atoms with Crippen LogP contribution in [0.1, 0.15) is 76.8 Å². The van der Waals surface area contributed by atoms with E-state index in [-0.39, 0.29) is 22.8 Å². The summed E-state index contributed by atoms with van der Waals surface area (Å²) >= 11 is 0. The van der Waals surface area contributed by atoms with Crippen LogP contribution in [-0.2, 0) is 16.0 Å². The second-order valence-corrected chi connectivity index (χ2v) is 8.82. The van der Waals surface area contributed by atoms with E-state index in [1.807, 2.05) is 20.8 Å². The fourth-order valence-corrected chi connectivity index (χ4v) is 4.63. The van der Waals surface area contributed by atoms with E-state index in [4.69, 9.17) is 10.5 Å². The molecular formula is C21H31NO2. The first-order chi connectivity index (χ1) is 11.2. The third-order valence-electron chi connectivity index (χ3n) is 6.07. The molecule has 3 nitrogen and oxygen atoms in total. The van der Waals surface area contributed by atoms with E-state index in [1.165, 1.54) is 11.1 Å². The number of aryl methyl sites for hydroxylation is 1. The van der Waals surface area contributed by atoms with Gasteiger partial charge in [0.15, 0.2) is 0 Å². The van der Waals surface area contributed by atoms with Crippen molar-refractivity contribution in [2.75, 3.05) is 0 Å². The van der Waals surface area contributed by atoms with Crippen molar-refractivity contribution in [1.82, 2.24) is 0 Å². The second kappa shape index (κ2) is 5.87. The molecule has 24 heavy (non-hydrogen) atoms. The molecule has 2 bridgehead atoms. The van der Waals surface area contributed by atoms with Gasteiger partial charge in [-0.3, -0.25) is 4.79 Å². The molecule has 132 valence electrons. The van der Waals surface area contributed by atoms with E-state index in [2.05, 4.69) is 31.2 Å². The van der Waals surface area contributed by atoms with Gasteiger partial charge in [-0.25, -0.2) is 0 Å². The molecule has 2 N–H and O–H groups in total. The Kier molecular flexibility index (Phi) is 4.28. The van der Waals surface area contributed by atoms with Gasteiger partial charge in [0.05, 0.1) is 5.41 Å². The molecule has 4 rings (SSSR count). The minimum absolute atomic E-state index is 0.0178. The van der Waals surface area contributed by atoms with Gasteiger partial charge in [0.1, 0.15) is 5.60 Å². The molecule has 0 amide bonds. The Balaban J connectivity index is 1.93. The van der Waals surface area contributed by atoms with Gasteiger partial charge >= 0.3 is 5.97 Å². The summed E-state index contributed by atoms with van der Waals surface area (Å²) in [7, 11) is 0. The fourth-order valence-electron chi connectivity index (χ4n) is 4.63. The Bertz CT molecular complexity index is 621. The van der Waals surface area contributed by atoms with Crippen molar-refractivity contribution in [2.45, 2.75) is 83.3 Å². The molecule has 1 atom stereocenters. The minimum atomic E-state index is -0.433. The number of fused-ring (bicyclic) bond motifs is 3. The highest BCUT2D eigenvalue weighted by Crippen LogP contribution is 2.58. The quantitative estimate of drug-likeness (QED) is 0.840. The zero-order chi connectivity index (χ0) is 17.6. The number of nitrogens with two attached hydrogens (primary N) is 1. The Morgan fingerprint density at radius 2 is 1.83 bits per heavy atom. The molecule has 0 heterocycles. The van der Waals surface area contributed by atoms with Crippen LogP contribution in [0.5, 0.6) is 0 Å². The zero-order valence-electron chi connectivity index (χ0n) is 15.5. The molecule has 3 fully saturated rings. The molecule has 1 aromatic rings. The lowest BCUT2D eigenvalue weighted by Crippen LogP contribution is -2.59. The summed E-state index contributed by atoms with van der Waals surface area (Å²) in [6, 6.07) is 8.60. The first-order valence-electron chi connectivity index (χ1n) is 9.29. The predicted octanol–water partition coefficient (Wildman–Crippen LogP) is 4.34. The van der Waals surface area contributed by atoms with Crippen LogP contribution in [0.3, 0.4) is 0 Å². The molecule has 0 aliphatic heterocycles. The lowest BCUT2D eigenvalue weighted by Gasteiger charge is -2.55. The summed E-state index contributed by atoms with van der Waals surface area (Å²) in [6.07, 6.45) is 5.38. The van der Waals surface area contributed by atoms with Crippen molar-refractivity contribution in [3.8, 4) is 0 Å². The van der Waals surface area contributed by atoms with Crippen molar-refractivity contribution in [1.29, 1.82) is 0 Å². The molecule has 0 spiro atoms. The van der Waals surface area contributed by atoms with Gasteiger partial charge in [-0.2, -0.15) is 0 Å². The lowest BCUT2D eigenvalue weighted by molar-refractivity contribution is -0.175. The fraction of sp³-hybridized carbons (Fsp3) is 0.667. The largest absolute Gasteiger partial charge is 0.460 e. The van der Waals surface area contributed by atoms with Crippen molar-refractivity contribution in [3.05, 3.63) is 35.4 Å². The van der Waals surface area contributed by atoms with Gasteiger partial charge in [-0.1, -0.05) is 31.2 Å². The van der Waals surface area contributed by atoms with E-state index in [1.54, 1.807) is 0 Å². The van der Waals surface area contributed by atoms with Crippen molar-refractivity contribution >= 4 is 5.97 Å². The summed E-state index contributed by atoms with van der Waals surface area (Å²) in [4.78, 5) is 13.0. The van der Waals surface area contributed by atoms with Gasteiger partial charge in [0.2, 0.25) is 0 Å². The number of carbonyl (C=O) groups excluding carboxylic acids is 1. The molecule has 1 aromatic carbocycles. The summed E-state index contributed by atoms with van der Waals surface area (Å²) in [6.45, 7) is 8.03. The SMILES string of the molecule is CCc1ccccc1C1CC2(C(=O)OC(C)(C)C)CCC1(N)CC2. The lowest BCUT2D eigenvalue weighted by atomic mass is 9.51. The highest BCUT2D eigenvalue weighted by Gasteiger charge is 2.57. The standard InChI is InChI=1S/C21H31NO2/c1-5-15-8-6-7-9-16(15)17-14-20(18(23)24-19(2,3)4)10-12-21(17,22)13-11-20/h6-9,17H,5,10-14,22H2,1-4H3. The van der Waals surface area contributed by atoms with Gasteiger partial charge < -0.3 is 10.5 Å². The summed E-state index contributed by atoms with van der Waals surface area (Å²) in [5.74, 6) is 0.236. The summed E-state index contributed by atoms with van der Waals surface area (Å²) in [5, 5.41) is 0. The van der Waals surface area contributed by atoms with Crippen LogP contribution in [0.4, 0.5) is 0 Å². The van der Waals surface area contributed by atoms with Gasteiger partial charge in [0.25, 0.3) is 0 Å². The molecule has 3 saturated carbocycles. The maximum atomic E-state index is 13.0. The smallest absolute Gasteiger partial charge is 0.312 e. The molecule has 3 aliphatic carbocycles. The molecule has 3 heteroatoms. The number of hydrogen-bond acceptors (Lipinski definition) is 3. The molecule has 0 radical (unpaired) electrons. The molecule has 0 saturated heterocycles. The van der Waals surface area contributed by atoms with E-state index in [0.29, 0.717) is 0 Å². The average Bonchev–Trinajstić information content (AvgIpc) is 2.53. The van der Waals surface area contributed by atoms with Crippen LogP contribution in [0.15, 0.2) is 24.3 Å². The maximum Gasteiger partial charge on any atom is 0.312 e. The molecule has 0 aromatic heterocycles. The number of rotatable bonds is 3. The molecule has 3 aliphatic rings. The number of ether oxygens (including phenoxy) is 1. The molecular weight excluding hydrogens is 298 g/mol. The van der Waals surface area contributed by atoms with Gasteiger partial charge in [-0.15, -0.1) is 0 Å². The average molecular weight is 329 g/mol. The van der Waals surface area contributed by atoms with E-state index < -0.39 is 5.60 Å².